The van der Waals surface area contributed by atoms with Crippen LogP contribution in [0.15, 0.2) is 17.6 Å². The van der Waals surface area contributed by atoms with Crippen molar-refractivity contribution in [3.63, 3.8) is 0 Å². The quantitative estimate of drug-likeness (QED) is 0.273. The van der Waals surface area contributed by atoms with E-state index in [4.69, 9.17) is 4.74 Å². The van der Waals surface area contributed by atoms with Crippen molar-refractivity contribution in [2.24, 2.45) is 16.3 Å². The molecule has 146 valence electrons. The molecule has 1 aliphatic heterocycles. The van der Waals surface area contributed by atoms with E-state index in [1.54, 1.807) is 25.1 Å². The van der Waals surface area contributed by atoms with Crippen molar-refractivity contribution >= 4 is 35.8 Å². The van der Waals surface area contributed by atoms with E-state index >= 15 is 0 Å². The summed E-state index contributed by atoms with van der Waals surface area (Å²) in [5.41, 5.74) is 0.111. The summed E-state index contributed by atoms with van der Waals surface area (Å²) in [5, 5.41) is 6.53. The van der Waals surface area contributed by atoms with Crippen LogP contribution < -0.4 is 10.6 Å². The Bertz CT molecular complexity index is 447. The van der Waals surface area contributed by atoms with E-state index in [-0.39, 0.29) is 47.9 Å². The van der Waals surface area contributed by atoms with Gasteiger partial charge in [-0.25, -0.2) is 4.99 Å². The molecule has 1 aliphatic rings. The van der Waals surface area contributed by atoms with Gasteiger partial charge in [-0.2, -0.15) is 0 Å². The largest absolute Gasteiger partial charge is 0.377 e. The highest BCUT2D eigenvalue weighted by Crippen LogP contribution is 2.33. The average molecular weight is 466 g/mol. The van der Waals surface area contributed by atoms with Gasteiger partial charge in [0.25, 0.3) is 0 Å². The molecule has 25 heavy (non-hydrogen) atoms. The first-order chi connectivity index (χ1) is 11.3. The van der Waals surface area contributed by atoms with Crippen molar-refractivity contribution in [1.29, 1.82) is 0 Å². The maximum absolute atomic E-state index is 11.7. The summed E-state index contributed by atoms with van der Waals surface area (Å²) < 4.78 is 6.02. The van der Waals surface area contributed by atoms with Gasteiger partial charge in [0.2, 0.25) is 5.91 Å². The summed E-state index contributed by atoms with van der Waals surface area (Å²) >= 11 is 0. The smallest absolute Gasteiger partial charge is 0.243 e. The highest BCUT2D eigenvalue weighted by molar-refractivity contribution is 14.0. The summed E-state index contributed by atoms with van der Waals surface area (Å²) in [4.78, 5) is 17.6. The lowest BCUT2D eigenvalue weighted by molar-refractivity contribution is -0.127. The van der Waals surface area contributed by atoms with Gasteiger partial charge in [0.1, 0.15) is 6.54 Å². The molecule has 2 unspecified atom stereocenters. The molecule has 1 heterocycles. The van der Waals surface area contributed by atoms with E-state index in [1.807, 2.05) is 0 Å². The lowest BCUT2D eigenvalue weighted by atomic mass is 9.78. The second-order valence-electron chi connectivity index (χ2n) is 7.56. The Balaban J connectivity index is 0.00000576. The maximum Gasteiger partial charge on any atom is 0.243 e. The second-order valence-corrected chi connectivity index (χ2v) is 7.56. The van der Waals surface area contributed by atoms with Crippen molar-refractivity contribution in [1.82, 2.24) is 15.5 Å². The van der Waals surface area contributed by atoms with E-state index in [0.29, 0.717) is 18.4 Å². The number of guanidine groups is 1. The first-order valence-electron chi connectivity index (χ1n) is 8.70. The molecule has 0 radical (unpaired) electrons. The van der Waals surface area contributed by atoms with Crippen LogP contribution in [0.4, 0.5) is 0 Å². The fourth-order valence-corrected chi connectivity index (χ4v) is 2.87. The number of rotatable bonds is 6. The molecule has 0 bridgehead atoms. The number of nitrogens with one attached hydrogen (secondary N) is 2. The van der Waals surface area contributed by atoms with Gasteiger partial charge < -0.3 is 20.3 Å². The lowest BCUT2D eigenvalue weighted by Crippen LogP contribution is -2.47. The number of nitrogens with zero attached hydrogens (tertiary/aromatic N) is 2. The number of likely N-dealkylation sites (N-methyl/N-ethyl adjacent to an activating group) is 1. The topological polar surface area (TPSA) is 66.0 Å². The van der Waals surface area contributed by atoms with Crippen LogP contribution in [-0.4, -0.2) is 63.2 Å². The summed E-state index contributed by atoms with van der Waals surface area (Å²) in [6, 6.07) is 0. The number of carbonyl (C=O) groups excluding carboxylic acids is 1. The number of ether oxygens (including phenoxy) is 1. The van der Waals surface area contributed by atoms with Gasteiger partial charge in [-0.05, 0) is 18.3 Å². The molecule has 6 nitrogen and oxygen atoms in total. The third-order valence-corrected chi connectivity index (χ3v) is 4.12. The van der Waals surface area contributed by atoms with Crippen LogP contribution >= 0.6 is 24.0 Å². The third kappa shape index (κ3) is 8.89. The minimum atomic E-state index is -0.0247. The molecule has 1 amide bonds. The fourth-order valence-electron chi connectivity index (χ4n) is 2.87. The third-order valence-electron chi connectivity index (χ3n) is 4.12. The number of halogens is 1. The Morgan fingerprint density at radius 3 is 2.60 bits per heavy atom. The Hall–Kier alpha value is -0.830. The van der Waals surface area contributed by atoms with Gasteiger partial charge in [-0.15, -0.1) is 30.6 Å². The molecule has 0 aromatic heterocycles. The molecule has 7 heteroatoms. The minimum Gasteiger partial charge on any atom is -0.377 e. The minimum absolute atomic E-state index is 0. The summed E-state index contributed by atoms with van der Waals surface area (Å²) in [6.45, 7) is 12.7. The van der Waals surface area contributed by atoms with Crippen LogP contribution in [0.25, 0.3) is 0 Å². The first kappa shape index (κ1) is 24.2. The van der Waals surface area contributed by atoms with Crippen molar-refractivity contribution < 1.29 is 9.53 Å². The van der Waals surface area contributed by atoms with Gasteiger partial charge in [-0.3, -0.25) is 4.79 Å². The van der Waals surface area contributed by atoms with E-state index in [1.165, 1.54) is 0 Å². The SMILES string of the molecule is C=CCNC(=NCC(=O)N(C)C)NCC1CCCOC1C(C)(C)C.I. The molecule has 0 aliphatic carbocycles. The molecular weight excluding hydrogens is 431 g/mol. The average Bonchev–Trinajstić information content (AvgIpc) is 2.53. The normalized spacial score (nSPS) is 21.1. The summed E-state index contributed by atoms with van der Waals surface area (Å²) in [5.74, 6) is 1.05. The number of hydrogen-bond donors (Lipinski definition) is 2. The van der Waals surface area contributed by atoms with Crippen LogP contribution in [0.2, 0.25) is 0 Å². The molecule has 2 N–H and O–H groups in total. The molecule has 0 aromatic carbocycles. The van der Waals surface area contributed by atoms with Crippen molar-refractivity contribution in [2.75, 3.05) is 40.3 Å². The van der Waals surface area contributed by atoms with Crippen molar-refractivity contribution in [3.8, 4) is 0 Å². The Morgan fingerprint density at radius 2 is 2.04 bits per heavy atom. The highest BCUT2D eigenvalue weighted by atomic mass is 127. The van der Waals surface area contributed by atoms with Gasteiger partial charge in [0.05, 0.1) is 6.10 Å². The number of hydrogen-bond acceptors (Lipinski definition) is 3. The van der Waals surface area contributed by atoms with Gasteiger partial charge in [0.15, 0.2) is 5.96 Å². The molecule has 0 aromatic rings. The zero-order valence-electron chi connectivity index (χ0n) is 16.3. The van der Waals surface area contributed by atoms with Crippen LogP contribution in [0.5, 0.6) is 0 Å². The Kier molecular flexibility index (Phi) is 11.3. The van der Waals surface area contributed by atoms with Crippen LogP contribution in [0.1, 0.15) is 33.6 Å². The maximum atomic E-state index is 11.7. The van der Waals surface area contributed by atoms with Crippen molar-refractivity contribution in [3.05, 3.63) is 12.7 Å². The molecule has 1 fully saturated rings. The monoisotopic (exact) mass is 466 g/mol. The molecule has 0 saturated carbocycles. The summed E-state index contributed by atoms with van der Waals surface area (Å²) in [7, 11) is 3.46. The molecule has 2 atom stereocenters. The second kappa shape index (κ2) is 11.7. The standard InChI is InChI=1S/C18H34N4O2.HI/c1-7-10-19-17(21-13-15(23)22(5)6)20-12-14-9-8-11-24-16(14)18(2,3)4;/h7,14,16H,1,8-13H2,2-6H3,(H2,19,20,21);1H. The van der Waals surface area contributed by atoms with Crippen LogP contribution in [-0.2, 0) is 9.53 Å². The first-order valence-corrected chi connectivity index (χ1v) is 8.70. The number of amides is 1. The zero-order chi connectivity index (χ0) is 18.2. The molecule has 1 rings (SSSR count). The fraction of sp³-hybridized carbons (Fsp3) is 0.778. The Morgan fingerprint density at radius 1 is 1.36 bits per heavy atom. The molecule has 1 saturated heterocycles. The lowest BCUT2D eigenvalue weighted by Gasteiger charge is -2.40. The zero-order valence-corrected chi connectivity index (χ0v) is 18.6. The van der Waals surface area contributed by atoms with Crippen LogP contribution in [0, 0.1) is 11.3 Å². The number of carbonyl (C=O) groups is 1. The van der Waals surface area contributed by atoms with E-state index in [2.05, 4.69) is 43.0 Å². The Labute approximate surface area is 169 Å². The van der Waals surface area contributed by atoms with Crippen molar-refractivity contribution in [2.45, 2.75) is 39.7 Å². The van der Waals surface area contributed by atoms with E-state index in [9.17, 15) is 4.79 Å². The highest BCUT2D eigenvalue weighted by Gasteiger charge is 2.35. The predicted molar refractivity (Wildman–Crippen MR) is 115 cm³/mol. The number of aliphatic imine (C=N–C) groups is 1. The van der Waals surface area contributed by atoms with Gasteiger partial charge in [-0.1, -0.05) is 26.8 Å². The molecule has 0 spiro atoms. The predicted octanol–water partition coefficient (Wildman–Crippen LogP) is 2.26. The molecular formula is C18H35IN4O2. The van der Waals surface area contributed by atoms with E-state index in [0.717, 1.165) is 26.0 Å². The summed E-state index contributed by atoms with van der Waals surface area (Å²) in [6.07, 6.45) is 4.22. The van der Waals surface area contributed by atoms with Crippen LogP contribution in [0.3, 0.4) is 0 Å². The van der Waals surface area contributed by atoms with Gasteiger partial charge >= 0.3 is 0 Å². The van der Waals surface area contributed by atoms with Gasteiger partial charge in [0, 0.05) is 39.7 Å². The van der Waals surface area contributed by atoms with E-state index < -0.39 is 0 Å².